The summed E-state index contributed by atoms with van der Waals surface area (Å²) in [5.74, 6) is 0.685. The Morgan fingerprint density at radius 1 is 0.938 bits per heavy atom. The molecule has 2 fully saturated rings. The van der Waals surface area contributed by atoms with Crippen LogP contribution in [0.1, 0.15) is 25.7 Å². The number of rotatable bonds is 4. The quantitative estimate of drug-likeness (QED) is 0.533. The third kappa shape index (κ3) is 3.80. The van der Waals surface area contributed by atoms with Gasteiger partial charge in [0.2, 0.25) is 5.95 Å². The van der Waals surface area contributed by atoms with E-state index in [1.807, 2.05) is 47.2 Å². The Bertz CT molecular complexity index is 1230. The van der Waals surface area contributed by atoms with E-state index in [1.165, 1.54) is 12.8 Å². The average molecular weight is 430 g/mol. The number of pyridine rings is 2. The zero-order valence-electron chi connectivity index (χ0n) is 18.0. The van der Waals surface area contributed by atoms with E-state index < -0.39 is 0 Å². The lowest BCUT2D eigenvalue weighted by Gasteiger charge is -2.38. The van der Waals surface area contributed by atoms with Gasteiger partial charge in [0, 0.05) is 43.1 Å². The SMILES string of the molecule is c1cnc2ccc(-c3ccn4nc(N[C@H]5CC[C@@H](N6CCOCC6)CC5)ncc34)nc2c1. The Kier molecular flexibility index (Phi) is 5.16. The minimum atomic E-state index is 0.425. The molecule has 1 aliphatic carbocycles. The standard InChI is InChI=1S/C24H27N7O/c1-2-22-21(25-10-1)8-7-20(28-22)19-9-11-31-23(19)16-26-24(29-31)27-17-3-5-18(6-4-17)30-12-14-32-15-13-30/h1-2,7-11,16-18H,3-6,12-15H2,(H,27,29)/t17-,18+. The Labute approximate surface area is 186 Å². The van der Waals surface area contributed by atoms with Crippen LogP contribution in [0.15, 0.2) is 48.9 Å². The molecule has 1 aliphatic heterocycles. The molecule has 0 unspecified atom stereocenters. The van der Waals surface area contributed by atoms with Gasteiger partial charge in [0.05, 0.1) is 41.7 Å². The molecule has 0 atom stereocenters. The zero-order chi connectivity index (χ0) is 21.3. The second-order valence-electron chi connectivity index (χ2n) is 8.68. The number of anilines is 1. The van der Waals surface area contributed by atoms with Crippen LogP contribution in [0.2, 0.25) is 0 Å². The van der Waals surface area contributed by atoms with E-state index >= 15 is 0 Å². The monoisotopic (exact) mass is 429 g/mol. The van der Waals surface area contributed by atoms with Crippen molar-refractivity contribution in [2.75, 3.05) is 31.6 Å². The average Bonchev–Trinajstić information content (AvgIpc) is 3.28. The second-order valence-corrected chi connectivity index (χ2v) is 8.68. The molecule has 8 nitrogen and oxygen atoms in total. The van der Waals surface area contributed by atoms with Crippen LogP contribution in [-0.4, -0.2) is 67.9 Å². The number of aromatic nitrogens is 5. The molecule has 4 aromatic rings. The predicted octanol–water partition coefficient (Wildman–Crippen LogP) is 3.39. The summed E-state index contributed by atoms with van der Waals surface area (Å²) in [6.07, 6.45) is 10.4. The van der Waals surface area contributed by atoms with Gasteiger partial charge >= 0.3 is 0 Å². The van der Waals surface area contributed by atoms with Gasteiger partial charge in [-0.25, -0.2) is 14.5 Å². The maximum atomic E-state index is 5.50. The minimum absolute atomic E-state index is 0.425. The van der Waals surface area contributed by atoms with Crippen LogP contribution in [0.3, 0.4) is 0 Å². The Hall–Kier alpha value is -3.10. The molecule has 0 radical (unpaired) electrons. The van der Waals surface area contributed by atoms with E-state index in [0.29, 0.717) is 18.0 Å². The van der Waals surface area contributed by atoms with Crippen LogP contribution in [0.25, 0.3) is 27.8 Å². The molecule has 1 N–H and O–H groups in total. The van der Waals surface area contributed by atoms with Crippen LogP contribution >= 0.6 is 0 Å². The molecule has 2 aliphatic rings. The van der Waals surface area contributed by atoms with Gasteiger partial charge in [-0.05, 0) is 56.0 Å². The highest BCUT2D eigenvalue weighted by atomic mass is 16.5. The lowest BCUT2D eigenvalue weighted by molar-refractivity contribution is 0.00790. The van der Waals surface area contributed by atoms with Crippen LogP contribution in [0.5, 0.6) is 0 Å². The van der Waals surface area contributed by atoms with Gasteiger partial charge in [0.1, 0.15) is 0 Å². The van der Waals surface area contributed by atoms with E-state index in [1.54, 1.807) is 6.20 Å². The van der Waals surface area contributed by atoms with Crippen molar-refractivity contribution < 1.29 is 4.74 Å². The number of hydrogen-bond donors (Lipinski definition) is 1. The third-order valence-corrected chi connectivity index (χ3v) is 6.74. The predicted molar refractivity (Wildman–Crippen MR) is 124 cm³/mol. The highest BCUT2D eigenvalue weighted by molar-refractivity contribution is 5.83. The fourth-order valence-corrected chi connectivity index (χ4v) is 5.00. The van der Waals surface area contributed by atoms with Crippen molar-refractivity contribution in [2.24, 2.45) is 0 Å². The highest BCUT2D eigenvalue weighted by Gasteiger charge is 2.27. The molecule has 0 spiro atoms. The molecule has 5 heterocycles. The normalized spacial score (nSPS) is 22.4. The Balaban J connectivity index is 1.16. The van der Waals surface area contributed by atoms with E-state index in [0.717, 1.165) is 67.0 Å². The molecule has 1 saturated heterocycles. The molecule has 0 amide bonds. The van der Waals surface area contributed by atoms with E-state index in [2.05, 4.69) is 20.2 Å². The van der Waals surface area contributed by atoms with E-state index in [4.69, 9.17) is 14.8 Å². The summed E-state index contributed by atoms with van der Waals surface area (Å²) < 4.78 is 7.38. The highest BCUT2D eigenvalue weighted by Crippen LogP contribution is 2.27. The number of morpholine rings is 1. The summed E-state index contributed by atoms with van der Waals surface area (Å²) in [5.41, 5.74) is 4.65. The fourth-order valence-electron chi connectivity index (χ4n) is 5.00. The molecule has 164 valence electrons. The summed E-state index contributed by atoms with van der Waals surface area (Å²) in [6, 6.07) is 11.1. The Morgan fingerprint density at radius 3 is 2.69 bits per heavy atom. The first-order valence-corrected chi connectivity index (χ1v) is 11.5. The van der Waals surface area contributed by atoms with Gasteiger partial charge in [-0.1, -0.05) is 0 Å². The first-order valence-electron chi connectivity index (χ1n) is 11.5. The van der Waals surface area contributed by atoms with Crippen molar-refractivity contribution in [1.29, 1.82) is 0 Å². The molecule has 1 saturated carbocycles. The fraction of sp³-hybridized carbons (Fsp3) is 0.417. The molecule has 6 rings (SSSR count). The summed E-state index contributed by atoms with van der Waals surface area (Å²) in [6.45, 7) is 3.88. The van der Waals surface area contributed by atoms with Gasteiger partial charge in [0.25, 0.3) is 0 Å². The second kappa shape index (κ2) is 8.44. The van der Waals surface area contributed by atoms with Crippen LogP contribution in [0.4, 0.5) is 5.95 Å². The third-order valence-electron chi connectivity index (χ3n) is 6.74. The van der Waals surface area contributed by atoms with Gasteiger partial charge < -0.3 is 10.1 Å². The van der Waals surface area contributed by atoms with Crippen LogP contribution < -0.4 is 5.32 Å². The molecular weight excluding hydrogens is 402 g/mol. The number of nitrogens with one attached hydrogen (secondary N) is 1. The van der Waals surface area contributed by atoms with Crippen LogP contribution in [0, 0.1) is 0 Å². The number of fused-ring (bicyclic) bond motifs is 2. The van der Waals surface area contributed by atoms with Gasteiger partial charge in [-0.3, -0.25) is 9.88 Å². The maximum Gasteiger partial charge on any atom is 0.241 e. The molecule has 32 heavy (non-hydrogen) atoms. The van der Waals surface area contributed by atoms with E-state index in [9.17, 15) is 0 Å². The zero-order valence-corrected chi connectivity index (χ0v) is 18.0. The smallest absolute Gasteiger partial charge is 0.241 e. The van der Waals surface area contributed by atoms with Crippen molar-refractivity contribution in [3.63, 3.8) is 0 Å². The lowest BCUT2D eigenvalue weighted by Crippen LogP contribution is -2.46. The molecular formula is C24H27N7O. The number of nitrogens with zero attached hydrogens (tertiary/aromatic N) is 6. The topological polar surface area (TPSA) is 80.5 Å². The molecule has 0 aromatic carbocycles. The number of ether oxygens (including phenoxy) is 1. The largest absolute Gasteiger partial charge is 0.379 e. The first kappa shape index (κ1) is 19.6. The molecule has 8 heteroatoms. The van der Waals surface area contributed by atoms with Crippen molar-refractivity contribution in [3.05, 3.63) is 48.9 Å². The molecule has 0 bridgehead atoms. The van der Waals surface area contributed by atoms with Crippen molar-refractivity contribution in [1.82, 2.24) is 29.5 Å². The number of hydrogen-bond acceptors (Lipinski definition) is 7. The van der Waals surface area contributed by atoms with Crippen LogP contribution in [-0.2, 0) is 4.74 Å². The van der Waals surface area contributed by atoms with E-state index in [-0.39, 0.29) is 0 Å². The van der Waals surface area contributed by atoms with Crippen molar-refractivity contribution >= 4 is 22.5 Å². The summed E-state index contributed by atoms with van der Waals surface area (Å²) in [5, 5.41) is 8.27. The van der Waals surface area contributed by atoms with Gasteiger partial charge in [0.15, 0.2) is 0 Å². The van der Waals surface area contributed by atoms with Crippen molar-refractivity contribution in [3.8, 4) is 11.3 Å². The van der Waals surface area contributed by atoms with Gasteiger partial charge in [-0.15, -0.1) is 5.10 Å². The minimum Gasteiger partial charge on any atom is -0.379 e. The van der Waals surface area contributed by atoms with Gasteiger partial charge in [-0.2, -0.15) is 0 Å². The van der Waals surface area contributed by atoms with Crippen molar-refractivity contribution in [2.45, 2.75) is 37.8 Å². The Morgan fingerprint density at radius 2 is 1.81 bits per heavy atom. The summed E-state index contributed by atoms with van der Waals surface area (Å²) in [4.78, 5) is 16.3. The summed E-state index contributed by atoms with van der Waals surface area (Å²) in [7, 11) is 0. The lowest BCUT2D eigenvalue weighted by atomic mass is 9.90. The molecule has 4 aromatic heterocycles. The first-order chi connectivity index (χ1) is 15.8. The summed E-state index contributed by atoms with van der Waals surface area (Å²) >= 11 is 0. The maximum absolute atomic E-state index is 5.50.